The molecule has 0 amide bonds. The predicted octanol–water partition coefficient (Wildman–Crippen LogP) is 1.05. The number of aryl methyl sites for hydroxylation is 2. The second-order valence-electron chi connectivity index (χ2n) is 7.27. The van der Waals surface area contributed by atoms with Crippen LogP contribution in [-0.2, 0) is 35.0 Å². The molecule has 0 fully saturated rings. The second-order valence-corrected chi connectivity index (χ2v) is 9.11. The largest absolute Gasteiger partial charge is 0.490 e. The summed E-state index contributed by atoms with van der Waals surface area (Å²) < 4.78 is 60.9. The Kier molecular flexibility index (Phi) is 7.83. The molecule has 0 aliphatic carbocycles. The molecule has 0 aromatic carbocycles. The number of carboxylic acid groups (broad SMARTS) is 1. The van der Waals surface area contributed by atoms with E-state index in [1.165, 1.54) is 11.9 Å². The Morgan fingerprint density at radius 2 is 2.03 bits per heavy atom. The van der Waals surface area contributed by atoms with Crippen LogP contribution in [0.25, 0.3) is 0 Å². The van der Waals surface area contributed by atoms with Crippen LogP contribution in [0.15, 0.2) is 18.6 Å². The van der Waals surface area contributed by atoms with E-state index in [1.807, 2.05) is 31.2 Å². The lowest BCUT2D eigenvalue weighted by atomic mass is 10.1. The highest BCUT2D eigenvalue weighted by atomic mass is 32.2. The third kappa shape index (κ3) is 7.63. The van der Waals surface area contributed by atoms with Crippen molar-refractivity contribution in [1.82, 2.24) is 29.0 Å². The predicted molar refractivity (Wildman–Crippen MR) is 104 cm³/mol. The topological polar surface area (TPSA) is 122 Å². The molecule has 2 aromatic heterocycles. The van der Waals surface area contributed by atoms with Gasteiger partial charge in [0.05, 0.1) is 29.7 Å². The summed E-state index contributed by atoms with van der Waals surface area (Å²) in [6.45, 7) is 4.94. The third-order valence-electron chi connectivity index (χ3n) is 4.56. The number of halogens is 3. The first-order chi connectivity index (χ1) is 14.3. The molecule has 3 heterocycles. The normalized spacial score (nSPS) is 17.0. The van der Waals surface area contributed by atoms with Gasteiger partial charge in [0.25, 0.3) is 0 Å². The first-order valence-corrected chi connectivity index (χ1v) is 11.1. The number of rotatable bonds is 6. The zero-order valence-electron chi connectivity index (χ0n) is 17.3. The molecular formula is C17H25F3N6O4S. The number of hydrogen-bond donors (Lipinski definition) is 2. The van der Waals surface area contributed by atoms with E-state index < -0.39 is 22.2 Å². The maximum atomic E-state index is 11.3. The van der Waals surface area contributed by atoms with Crippen molar-refractivity contribution in [3.8, 4) is 0 Å². The monoisotopic (exact) mass is 466 g/mol. The molecule has 1 atom stereocenters. The van der Waals surface area contributed by atoms with Gasteiger partial charge in [-0.25, -0.2) is 22.9 Å². The van der Waals surface area contributed by atoms with Gasteiger partial charge in [0.2, 0.25) is 10.0 Å². The third-order valence-corrected chi connectivity index (χ3v) is 5.29. The van der Waals surface area contributed by atoms with Gasteiger partial charge in [-0.1, -0.05) is 0 Å². The van der Waals surface area contributed by atoms with E-state index in [0.29, 0.717) is 6.54 Å². The molecular weight excluding hydrogens is 441 g/mol. The molecule has 0 radical (unpaired) electrons. The minimum absolute atomic E-state index is 0.208. The van der Waals surface area contributed by atoms with Crippen LogP contribution >= 0.6 is 0 Å². The summed E-state index contributed by atoms with van der Waals surface area (Å²) in [6, 6.07) is 2.31. The van der Waals surface area contributed by atoms with Gasteiger partial charge >= 0.3 is 12.1 Å². The van der Waals surface area contributed by atoms with E-state index in [0.717, 1.165) is 37.4 Å². The van der Waals surface area contributed by atoms with Gasteiger partial charge < -0.3 is 9.67 Å². The second kappa shape index (κ2) is 9.78. The Hall–Kier alpha value is -2.45. The summed E-state index contributed by atoms with van der Waals surface area (Å²) in [6.07, 6.45) is 0.564. The van der Waals surface area contributed by atoms with Crippen molar-refractivity contribution in [3.05, 3.63) is 35.7 Å². The summed E-state index contributed by atoms with van der Waals surface area (Å²) >= 11 is 0. The zero-order chi connectivity index (χ0) is 23.4. The molecule has 0 spiro atoms. The molecule has 14 heteroatoms. The van der Waals surface area contributed by atoms with E-state index in [9.17, 15) is 21.6 Å². The molecule has 2 aromatic rings. The molecule has 10 nitrogen and oxygen atoms in total. The number of carbonyl (C=O) groups is 1. The standard InChI is InChI=1S/C15H24N6O2S.C2HF3O2/c1-12-6-14(19(2)18-12)9-20-8-13(4-5-17-24(3,22)23)21-11-16-7-15(21)10-20;3-2(4,5)1(6)7/h6-7,11,13,17H,4-5,8-10H2,1-3H3;(H,6,7). The Morgan fingerprint density at radius 1 is 1.39 bits per heavy atom. The number of hydrogen-bond acceptors (Lipinski definition) is 6. The lowest BCUT2D eigenvalue weighted by molar-refractivity contribution is -0.192. The van der Waals surface area contributed by atoms with Gasteiger partial charge in [0.1, 0.15) is 0 Å². The van der Waals surface area contributed by atoms with Crippen LogP contribution in [0.5, 0.6) is 0 Å². The highest BCUT2D eigenvalue weighted by Gasteiger charge is 2.38. The smallest absolute Gasteiger partial charge is 0.475 e. The average Bonchev–Trinajstić information content (AvgIpc) is 3.20. The number of aromatic nitrogens is 4. The first kappa shape index (κ1) is 24.8. The highest BCUT2D eigenvalue weighted by Crippen LogP contribution is 2.24. The fourth-order valence-electron chi connectivity index (χ4n) is 3.27. The molecule has 31 heavy (non-hydrogen) atoms. The number of fused-ring (bicyclic) bond motifs is 1. The molecule has 1 unspecified atom stereocenters. The lowest BCUT2D eigenvalue weighted by Gasteiger charge is -2.34. The van der Waals surface area contributed by atoms with Crippen molar-refractivity contribution >= 4 is 16.0 Å². The fraction of sp³-hybridized carbons (Fsp3) is 0.588. The molecule has 0 saturated heterocycles. The van der Waals surface area contributed by atoms with Crippen molar-refractivity contribution in [2.75, 3.05) is 19.3 Å². The number of nitrogens with one attached hydrogen (secondary N) is 1. The summed E-state index contributed by atoms with van der Waals surface area (Å²) in [5, 5.41) is 11.5. The molecule has 0 bridgehead atoms. The number of sulfonamides is 1. The van der Waals surface area contributed by atoms with Crippen LogP contribution in [-0.4, -0.2) is 69.2 Å². The lowest BCUT2D eigenvalue weighted by Crippen LogP contribution is -2.38. The van der Waals surface area contributed by atoms with Crippen molar-refractivity contribution in [2.24, 2.45) is 7.05 Å². The maximum Gasteiger partial charge on any atom is 0.490 e. The van der Waals surface area contributed by atoms with Gasteiger partial charge in [-0.3, -0.25) is 9.58 Å². The van der Waals surface area contributed by atoms with Gasteiger partial charge in [-0.15, -0.1) is 0 Å². The van der Waals surface area contributed by atoms with Gasteiger partial charge in [0, 0.05) is 45.5 Å². The number of nitrogens with zero attached hydrogens (tertiary/aromatic N) is 5. The molecule has 1 aliphatic rings. The number of alkyl halides is 3. The number of carboxylic acids is 1. The zero-order valence-corrected chi connectivity index (χ0v) is 18.1. The van der Waals surface area contributed by atoms with E-state index in [2.05, 4.69) is 30.3 Å². The SMILES string of the molecule is Cc1cc(CN2Cc3cncn3C(CCNS(C)(=O)=O)C2)n(C)n1.O=C(O)C(F)(F)F. The van der Waals surface area contributed by atoms with Crippen molar-refractivity contribution < 1.29 is 31.5 Å². The van der Waals surface area contributed by atoms with E-state index in [4.69, 9.17) is 9.90 Å². The van der Waals surface area contributed by atoms with Crippen LogP contribution in [0.3, 0.4) is 0 Å². The highest BCUT2D eigenvalue weighted by molar-refractivity contribution is 7.88. The average molecular weight is 466 g/mol. The molecule has 1 aliphatic heterocycles. The quantitative estimate of drug-likeness (QED) is 0.653. The maximum absolute atomic E-state index is 11.3. The fourth-order valence-corrected chi connectivity index (χ4v) is 3.75. The summed E-state index contributed by atoms with van der Waals surface area (Å²) in [5.41, 5.74) is 3.35. The first-order valence-electron chi connectivity index (χ1n) is 9.23. The summed E-state index contributed by atoms with van der Waals surface area (Å²) in [4.78, 5) is 15.5. The Labute approximate surface area is 177 Å². The van der Waals surface area contributed by atoms with E-state index in [1.54, 1.807) is 0 Å². The Bertz CT molecular complexity index is 1000. The van der Waals surface area contributed by atoms with Crippen LogP contribution in [0, 0.1) is 6.92 Å². The van der Waals surface area contributed by atoms with Crippen molar-refractivity contribution in [2.45, 2.75) is 38.7 Å². The minimum atomic E-state index is -5.08. The summed E-state index contributed by atoms with van der Waals surface area (Å²) in [5.74, 6) is -2.76. The van der Waals surface area contributed by atoms with Crippen LogP contribution < -0.4 is 4.72 Å². The summed E-state index contributed by atoms with van der Waals surface area (Å²) in [7, 11) is -1.19. The van der Waals surface area contributed by atoms with Gasteiger partial charge in [0.15, 0.2) is 0 Å². The van der Waals surface area contributed by atoms with Crippen LogP contribution in [0.4, 0.5) is 13.2 Å². The van der Waals surface area contributed by atoms with Gasteiger partial charge in [-0.2, -0.15) is 18.3 Å². The molecule has 2 N–H and O–H groups in total. The minimum Gasteiger partial charge on any atom is -0.475 e. The number of imidazole rings is 1. The van der Waals surface area contributed by atoms with Crippen molar-refractivity contribution in [3.63, 3.8) is 0 Å². The van der Waals surface area contributed by atoms with E-state index in [-0.39, 0.29) is 6.04 Å². The molecule has 0 saturated carbocycles. The Morgan fingerprint density at radius 3 is 2.55 bits per heavy atom. The van der Waals surface area contributed by atoms with Crippen LogP contribution in [0.1, 0.15) is 29.5 Å². The van der Waals surface area contributed by atoms with E-state index >= 15 is 0 Å². The molecule has 174 valence electrons. The van der Waals surface area contributed by atoms with Crippen LogP contribution in [0.2, 0.25) is 0 Å². The van der Waals surface area contributed by atoms with Crippen molar-refractivity contribution in [1.29, 1.82) is 0 Å². The Balaban J connectivity index is 0.000000423. The number of aliphatic carboxylic acids is 1. The van der Waals surface area contributed by atoms with Gasteiger partial charge in [-0.05, 0) is 19.4 Å². The molecule has 3 rings (SSSR count).